The lowest BCUT2D eigenvalue weighted by Crippen LogP contribution is -2.02. The maximum Gasteiger partial charge on any atom is 0.103 e. The molecule has 0 spiro atoms. The predicted octanol–water partition coefficient (Wildman–Crippen LogP) is 3.63. The van der Waals surface area contributed by atoms with E-state index in [4.69, 9.17) is 4.74 Å². The highest BCUT2D eigenvalue weighted by Gasteiger charge is 2.35. The van der Waals surface area contributed by atoms with Crippen molar-refractivity contribution in [3.63, 3.8) is 0 Å². The van der Waals surface area contributed by atoms with Gasteiger partial charge in [-0.2, -0.15) is 0 Å². The zero-order valence-corrected chi connectivity index (χ0v) is 9.29. The second kappa shape index (κ2) is 3.21. The fourth-order valence-electron chi connectivity index (χ4n) is 2.75. The van der Waals surface area contributed by atoms with Crippen LogP contribution in [0.4, 0.5) is 0 Å². The zero-order valence-electron chi connectivity index (χ0n) is 9.29. The Kier molecular flexibility index (Phi) is 1.96. The van der Waals surface area contributed by atoms with Gasteiger partial charge in [-0.25, -0.2) is 0 Å². The van der Waals surface area contributed by atoms with Gasteiger partial charge in [0.15, 0.2) is 0 Å². The summed E-state index contributed by atoms with van der Waals surface area (Å²) in [4.78, 5) is 0. The van der Waals surface area contributed by atoms with E-state index in [1.807, 2.05) is 0 Å². The number of benzene rings is 1. The molecule has 1 aromatic carbocycles. The Morgan fingerprint density at radius 2 is 2.00 bits per heavy atom. The molecule has 0 N–H and O–H groups in total. The summed E-state index contributed by atoms with van der Waals surface area (Å²) in [7, 11) is 0. The number of rotatable bonds is 2. The average Bonchev–Trinajstić information content (AvgIpc) is 2.82. The summed E-state index contributed by atoms with van der Waals surface area (Å²) < 4.78 is 5.87. The first-order chi connectivity index (χ1) is 7.31. The Balaban J connectivity index is 2.16. The van der Waals surface area contributed by atoms with Crippen LogP contribution in [0, 0.1) is 6.92 Å². The van der Waals surface area contributed by atoms with Crippen LogP contribution in [-0.4, -0.2) is 0 Å². The molecule has 2 bridgehead atoms. The highest BCUT2D eigenvalue weighted by molar-refractivity contribution is 5.50. The van der Waals surface area contributed by atoms with Crippen LogP contribution in [-0.2, 0) is 11.2 Å². The minimum Gasteiger partial charge on any atom is -0.357 e. The average molecular weight is 200 g/mol. The molecule has 1 heteroatoms. The lowest BCUT2D eigenvalue weighted by atomic mass is 9.88. The van der Waals surface area contributed by atoms with Crippen LogP contribution in [0.25, 0.3) is 0 Å². The number of hydrogen-bond donors (Lipinski definition) is 0. The van der Waals surface area contributed by atoms with Gasteiger partial charge in [0, 0.05) is 0 Å². The molecule has 2 unspecified atom stereocenters. The molecule has 2 atom stereocenters. The van der Waals surface area contributed by atoms with Crippen LogP contribution in [0.1, 0.15) is 47.8 Å². The van der Waals surface area contributed by atoms with Gasteiger partial charge in [0.05, 0.1) is 0 Å². The van der Waals surface area contributed by atoms with Crippen molar-refractivity contribution in [1.82, 2.24) is 0 Å². The molecular formula is C14H16O. The van der Waals surface area contributed by atoms with Crippen LogP contribution in [0.2, 0.25) is 0 Å². The molecule has 0 saturated carbocycles. The molecule has 15 heavy (non-hydrogen) atoms. The molecule has 2 heterocycles. The normalized spacial score (nSPS) is 26.0. The third kappa shape index (κ3) is 1.19. The summed E-state index contributed by atoms with van der Waals surface area (Å²) in [5, 5.41) is 0. The molecule has 1 nitrogen and oxygen atoms in total. The predicted molar refractivity (Wildman–Crippen MR) is 60.9 cm³/mol. The molecule has 0 saturated heterocycles. The second-order valence-electron chi connectivity index (χ2n) is 4.48. The van der Waals surface area contributed by atoms with E-state index in [9.17, 15) is 0 Å². The summed E-state index contributed by atoms with van der Waals surface area (Å²) in [6.07, 6.45) is 7.24. The summed E-state index contributed by atoms with van der Waals surface area (Å²) in [5.41, 5.74) is 5.80. The van der Waals surface area contributed by atoms with Crippen molar-refractivity contribution < 1.29 is 4.74 Å². The van der Waals surface area contributed by atoms with Crippen molar-refractivity contribution >= 4 is 0 Å². The van der Waals surface area contributed by atoms with Crippen molar-refractivity contribution in [3.05, 3.63) is 46.5 Å². The van der Waals surface area contributed by atoms with E-state index < -0.39 is 0 Å². The van der Waals surface area contributed by atoms with Crippen molar-refractivity contribution in [3.8, 4) is 0 Å². The van der Waals surface area contributed by atoms with Crippen LogP contribution < -0.4 is 0 Å². The summed E-state index contributed by atoms with van der Waals surface area (Å²) in [6.45, 7) is 4.45. The lowest BCUT2D eigenvalue weighted by Gasteiger charge is -2.15. The third-order valence-corrected chi connectivity index (χ3v) is 3.47. The van der Waals surface area contributed by atoms with Crippen LogP contribution >= 0.6 is 0 Å². The number of fused-ring (bicyclic) bond motifs is 5. The Bertz CT molecular complexity index is 431. The molecule has 0 aromatic heterocycles. The highest BCUT2D eigenvalue weighted by Crippen LogP contribution is 2.47. The SMILES string of the molecule is CCCc1c(C)ccc2c1C1C=CC2O1. The molecule has 2 aliphatic heterocycles. The van der Waals surface area contributed by atoms with Gasteiger partial charge in [0.2, 0.25) is 0 Å². The van der Waals surface area contributed by atoms with Crippen LogP contribution in [0.3, 0.4) is 0 Å². The third-order valence-electron chi connectivity index (χ3n) is 3.47. The van der Waals surface area contributed by atoms with E-state index in [-0.39, 0.29) is 12.2 Å². The second-order valence-corrected chi connectivity index (χ2v) is 4.48. The summed E-state index contributed by atoms with van der Waals surface area (Å²) >= 11 is 0. The Hall–Kier alpha value is -1.08. The molecular weight excluding hydrogens is 184 g/mol. The minimum absolute atomic E-state index is 0.237. The molecule has 0 radical (unpaired) electrons. The van der Waals surface area contributed by atoms with Gasteiger partial charge in [-0.05, 0) is 35.6 Å². The van der Waals surface area contributed by atoms with E-state index in [0.717, 1.165) is 0 Å². The van der Waals surface area contributed by atoms with E-state index >= 15 is 0 Å². The van der Waals surface area contributed by atoms with Crippen molar-refractivity contribution in [2.24, 2.45) is 0 Å². The van der Waals surface area contributed by atoms with Gasteiger partial charge < -0.3 is 4.74 Å². The summed E-state index contributed by atoms with van der Waals surface area (Å²) in [6, 6.07) is 4.47. The maximum atomic E-state index is 5.87. The molecule has 1 aromatic rings. The molecule has 0 amide bonds. The molecule has 2 aliphatic rings. The van der Waals surface area contributed by atoms with Gasteiger partial charge >= 0.3 is 0 Å². The molecule has 78 valence electrons. The van der Waals surface area contributed by atoms with Crippen LogP contribution in [0.15, 0.2) is 24.3 Å². The van der Waals surface area contributed by atoms with Crippen molar-refractivity contribution in [2.45, 2.75) is 38.9 Å². The van der Waals surface area contributed by atoms with Gasteiger partial charge in [-0.3, -0.25) is 0 Å². The highest BCUT2D eigenvalue weighted by atomic mass is 16.5. The number of ether oxygens (including phenoxy) is 1. The molecule has 3 rings (SSSR count). The minimum atomic E-state index is 0.237. The van der Waals surface area contributed by atoms with E-state index in [0.29, 0.717) is 0 Å². The lowest BCUT2D eigenvalue weighted by molar-refractivity contribution is 0.0876. The first kappa shape index (κ1) is 9.17. The topological polar surface area (TPSA) is 9.23 Å². The quantitative estimate of drug-likeness (QED) is 0.662. The van der Waals surface area contributed by atoms with E-state index in [1.54, 1.807) is 0 Å². The van der Waals surface area contributed by atoms with E-state index in [1.165, 1.54) is 35.1 Å². The number of hydrogen-bond acceptors (Lipinski definition) is 1. The first-order valence-corrected chi connectivity index (χ1v) is 5.77. The largest absolute Gasteiger partial charge is 0.357 e. The Morgan fingerprint density at radius 1 is 1.20 bits per heavy atom. The van der Waals surface area contributed by atoms with Gasteiger partial charge in [-0.15, -0.1) is 0 Å². The van der Waals surface area contributed by atoms with Crippen LogP contribution in [0.5, 0.6) is 0 Å². The maximum absolute atomic E-state index is 5.87. The smallest absolute Gasteiger partial charge is 0.103 e. The monoisotopic (exact) mass is 200 g/mol. The van der Waals surface area contributed by atoms with Crippen molar-refractivity contribution in [2.75, 3.05) is 0 Å². The van der Waals surface area contributed by atoms with Crippen molar-refractivity contribution in [1.29, 1.82) is 0 Å². The van der Waals surface area contributed by atoms with Gasteiger partial charge in [0.25, 0.3) is 0 Å². The zero-order chi connectivity index (χ0) is 10.4. The fourth-order valence-corrected chi connectivity index (χ4v) is 2.75. The van der Waals surface area contributed by atoms with Gasteiger partial charge in [0.1, 0.15) is 12.2 Å². The van der Waals surface area contributed by atoms with E-state index in [2.05, 4.69) is 38.1 Å². The Labute approximate surface area is 90.8 Å². The fraction of sp³-hybridized carbons (Fsp3) is 0.429. The Morgan fingerprint density at radius 3 is 2.80 bits per heavy atom. The molecule has 0 aliphatic carbocycles. The summed E-state index contributed by atoms with van der Waals surface area (Å²) in [5.74, 6) is 0. The standard InChI is InChI=1S/C14H16O/c1-3-4-10-9(2)5-6-11-12-7-8-13(15-12)14(10)11/h5-8,12-13H,3-4H2,1-2H3. The first-order valence-electron chi connectivity index (χ1n) is 5.77. The number of aryl methyl sites for hydroxylation is 1. The van der Waals surface area contributed by atoms with Gasteiger partial charge in [-0.1, -0.05) is 37.6 Å². The molecule has 0 fully saturated rings.